The van der Waals surface area contributed by atoms with Crippen molar-refractivity contribution in [2.75, 3.05) is 11.9 Å². The largest absolute Gasteiger partial charge is 0.389 e. The summed E-state index contributed by atoms with van der Waals surface area (Å²) in [5, 5.41) is 9.62. The molecule has 3 heteroatoms. The van der Waals surface area contributed by atoms with Gasteiger partial charge in [0.2, 0.25) is 0 Å². The average Bonchev–Trinajstić information content (AvgIpc) is 2.46. The Morgan fingerprint density at radius 3 is 2.47 bits per heavy atom. The number of hydrogen-bond donors (Lipinski definition) is 1. The molecule has 0 aliphatic heterocycles. The topological polar surface area (TPSA) is 36.4 Å². The fourth-order valence-electron chi connectivity index (χ4n) is 1.96. The molecule has 0 spiro atoms. The zero-order valence-corrected chi connectivity index (χ0v) is 11.7. The second-order valence-corrected chi connectivity index (χ2v) is 4.70. The molecule has 0 bridgehead atoms. The third kappa shape index (κ3) is 3.12. The first-order chi connectivity index (χ1) is 9.11. The number of aliphatic hydroxyl groups excluding tert-OH is 1. The van der Waals surface area contributed by atoms with Crippen LogP contribution in [0.3, 0.4) is 0 Å². The van der Waals surface area contributed by atoms with Gasteiger partial charge in [-0.1, -0.05) is 19.1 Å². The van der Waals surface area contributed by atoms with Crippen LogP contribution in [0.1, 0.15) is 31.1 Å². The van der Waals surface area contributed by atoms with E-state index in [0.717, 1.165) is 23.5 Å². The van der Waals surface area contributed by atoms with E-state index >= 15 is 0 Å². The number of pyridine rings is 1. The van der Waals surface area contributed by atoms with Crippen molar-refractivity contribution in [1.82, 2.24) is 4.98 Å². The van der Waals surface area contributed by atoms with Gasteiger partial charge in [0.1, 0.15) is 5.82 Å². The maximum atomic E-state index is 9.62. The molecule has 1 atom stereocenters. The maximum Gasteiger partial charge on any atom is 0.133 e. The number of rotatable bonds is 4. The summed E-state index contributed by atoms with van der Waals surface area (Å²) in [5.74, 6) is 0.836. The van der Waals surface area contributed by atoms with Gasteiger partial charge in [0, 0.05) is 18.9 Å². The summed E-state index contributed by atoms with van der Waals surface area (Å²) in [5.41, 5.74) is 3.29. The fraction of sp³-hybridized carbons (Fsp3) is 0.312. The highest BCUT2D eigenvalue weighted by Gasteiger charge is 2.08. The lowest BCUT2D eigenvalue weighted by Gasteiger charge is -2.19. The normalized spacial score (nSPS) is 12.2. The zero-order chi connectivity index (χ0) is 13.8. The van der Waals surface area contributed by atoms with Crippen LogP contribution >= 0.6 is 0 Å². The molecule has 0 aliphatic rings. The summed E-state index contributed by atoms with van der Waals surface area (Å²) in [6.07, 6.45) is 2.30. The van der Waals surface area contributed by atoms with Gasteiger partial charge in [-0.25, -0.2) is 4.98 Å². The van der Waals surface area contributed by atoms with Gasteiger partial charge in [-0.15, -0.1) is 0 Å². The van der Waals surface area contributed by atoms with E-state index in [1.54, 1.807) is 13.1 Å². The van der Waals surface area contributed by atoms with E-state index in [1.807, 2.05) is 24.1 Å². The maximum absolute atomic E-state index is 9.62. The van der Waals surface area contributed by atoms with Gasteiger partial charge in [0.05, 0.1) is 6.10 Å². The molecule has 3 nitrogen and oxygen atoms in total. The predicted molar refractivity (Wildman–Crippen MR) is 78.8 cm³/mol. The van der Waals surface area contributed by atoms with Gasteiger partial charge in [-0.2, -0.15) is 0 Å². The van der Waals surface area contributed by atoms with Crippen LogP contribution in [0.2, 0.25) is 0 Å². The number of aliphatic hydroxyl groups is 1. The molecule has 1 aromatic heterocycles. The van der Waals surface area contributed by atoms with Crippen LogP contribution in [0, 0.1) is 0 Å². The molecule has 0 radical (unpaired) electrons. The van der Waals surface area contributed by atoms with E-state index in [4.69, 9.17) is 0 Å². The lowest BCUT2D eigenvalue weighted by Crippen LogP contribution is -2.11. The first-order valence-corrected chi connectivity index (χ1v) is 6.58. The summed E-state index contributed by atoms with van der Waals surface area (Å²) in [4.78, 5) is 6.37. The molecule has 100 valence electrons. The monoisotopic (exact) mass is 256 g/mol. The first kappa shape index (κ1) is 13.6. The number of nitrogens with zero attached hydrogens (tertiary/aromatic N) is 2. The third-order valence-electron chi connectivity index (χ3n) is 3.33. The molecule has 2 rings (SSSR count). The van der Waals surface area contributed by atoms with Crippen LogP contribution in [0.15, 0.2) is 42.6 Å². The molecule has 0 unspecified atom stereocenters. The van der Waals surface area contributed by atoms with Crippen molar-refractivity contribution < 1.29 is 5.11 Å². The SMILES string of the molecule is CCc1ccc(N(C)c2cc([C@H](C)O)ccn2)cc1. The molecule has 0 fully saturated rings. The van der Waals surface area contributed by atoms with E-state index in [0.29, 0.717) is 0 Å². The molecular weight excluding hydrogens is 236 g/mol. The number of aromatic nitrogens is 1. The highest BCUT2D eigenvalue weighted by atomic mass is 16.3. The third-order valence-corrected chi connectivity index (χ3v) is 3.33. The molecule has 0 aliphatic carbocycles. The smallest absolute Gasteiger partial charge is 0.133 e. The Morgan fingerprint density at radius 2 is 1.89 bits per heavy atom. The summed E-state index contributed by atoms with van der Waals surface area (Å²) >= 11 is 0. The predicted octanol–water partition coefficient (Wildman–Crippen LogP) is 3.47. The minimum absolute atomic E-state index is 0.474. The van der Waals surface area contributed by atoms with Crippen LogP contribution in [-0.4, -0.2) is 17.1 Å². The molecule has 1 aromatic carbocycles. The van der Waals surface area contributed by atoms with Crippen LogP contribution < -0.4 is 4.90 Å². The molecular formula is C16H20N2O. The van der Waals surface area contributed by atoms with E-state index in [9.17, 15) is 5.11 Å². The Kier molecular flexibility index (Phi) is 4.17. The van der Waals surface area contributed by atoms with Gasteiger partial charge in [0.15, 0.2) is 0 Å². The lowest BCUT2D eigenvalue weighted by atomic mass is 10.1. The van der Waals surface area contributed by atoms with Gasteiger partial charge in [0.25, 0.3) is 0 Å². The van der Waals surface area contributed by atoms with Gasteiger partial charge >= 0.3 is 0 Å². The van der Waals surface area contributed by atoms with Crippen molar-refractivity contribution in [3.63, 3.8) is 0 Å². The van der Waals surface area contributed by atoms with Crippen molar-refractivity contribution in [2.45, 2.75) is 26.4 Å². The number of benzene rings is 1. The minimum atomic E-state index is -0.474. The molecule has 1 N–H and O–H groups in total. The lowest BCUT2D eigenvalue weighted by molar-refractivity contribution is 0.199. The zero-order valence-electron chi connectivity index (χ0n) is 11.7. The van der Waals surface area contributed by atoms with Crippen molar-refractivity contribution in [3.05, 3.63) is 53.7 Å². The molecule has 0 amide bonds. The standard InChI is InChI=1S/C16H20N2O/c1-4-13-5-7-15(8-6-13)18(3)16-11-14(12(2)19)9-10-17-16/h5-12,19H,4H2,1-3H3/t12-/m0/s1. The van der Waals surface area contributed by atoms with E-state index in [1.165, 1.54) is 5.56 Å². The molecule has 1 heterocycles. The molecule has 0 saturated carbocycles. The molecule has 0 saturated heterocycles. The first-order valence-electron chi connectivity index (χ1n) is 6.58. The Balaban J connectivity index is 2.27. The molecule has 19 heavy (non-hydrogen) atoms. The average molecular weight is 256 g/mol. The van der Waals surface area contributed by atoms with E-state index in [2.05, 4.69) is 36.2 Å². The van der Waals surface area contributed by atoms with Crippen LogP contribution in [0.5, 0.6) is 0 Å². The Bertz CT molecular complexity index is 535. The summed E-state index contributed by atoms with van der Waals surface area (Å²) in [6.45, 7) is 3.90. The van der Waals surface area contributed by atoms with Crippen LogP contribution in [0.25, 0.3) is 0 Å². The fourth-order valence-corrected chi connectivity index (χ4v) is 1.96. The Morgan fingerprint density at radius 1 is 1.21 bits per heavy atom. The van der Waals surface area contributed by atoms with E-state index < -0.39 is 6.10 Å². The van der Waals surface area contributed by atoms with Crippen molar-refractivity contribution >= 4 is 11.5 Å². The highest BCUT2D eigenvalue weighted by Crippen LogP contribution is 2.24. The Hall–Kier alpha value is -1.87. The van der Waals surface area contributed by atoms with E-state index in [-0.39, 0.29) is 0 Å². The number of anilines is 2. The van der Waals surface area contributed by atoms with Crippen molar-refractivity contribution in [3.8, 4) is 0 Å². The number of hydrogen-bond acceptors (Lipinski definition) is 3. The summed E-state index contributed by atoms with van der Waals surface area (Å²) in [6, 6.07) is 12.2. The summed E-state index contributed by atoms with van der Waals surface area (Å²) < 4.78 is 0. The van der Waals surface area contributed by atoms with Crippen LogP contribution in [-0.2, 0) is 6.42 Å². The highest BCUT2D eigenvalue weighted by molar-refractivity contribution is 5.59. The van der Waals surface area contributed by atoms with Gasteiger partial charge in [-0.3, -0.25) is 0 Å². The second-order valence-electron chi connectivity index (χ2n) is 4.70. The second kappa shape index (κ2) is 5.85. The Labute approximate surface area is 114 Å². The van der Waals surface area contributed by atoms with Crippen molar-refractivity contribution in [2.24, 2.45) is 0 Å². The quantitative estimate of drug-likeness (QED) is 0.910. The summed E-state index contributed by atoms with van der Waals surface area (Å²) in [7, 11) is 1.98. The minimum Gasteiger partial charge on any atom is -0.389 e. The van der Waals surface area contributed by atoms with Gasteiger partial charge in [-0.05, 0) is 48.7 Å². The molecule has 2 aromatic rings. The van der Waals surface area contributed by atoms with Gasteiger partial charge < -0.3 is 10.0 Å². The van der Waals surface area contributed by atoms with Crippen LogP contribution in [0.4, 0.5) is 11.5 Å². The van der Waals surface area contributed by atoms with Crippen molar-refractivity contribution in [1.29, 1.82) is 0 Å². The number of aryl methyl sites for hydroxylation is 1.